The van der Waals surface area contributed by atoms with Gasteiger partial charge in [0.2, 0.25) is 18.0 Å². The summed E-state index contributed by atoms with van der Waals surface area (Å²) in [6.45, 7) is 6.91. The van der Waals surface area contributed by atoms with E-state index in [2.05, 4.69) is 10.6 Å². The minimum Gasteiger partial charge on any atom is -0.390 e. The molecule has 7 atom stereocenters. The molecule has 47 heavy (non-hydrogen) atoms. The zero-order valence-corrected chi connectivity index (χ0v) is 27.6. The maximum atomic E-state index is 13.8. The number of nitrogens with two attached hydrogens (primary N) is 1. The highest BCUT2D eigenvalue weighted by Gasteiger charge is 2.34. The van der Waals surface area contributed by atoms with E-state index in [1.807, 2.05) is 6.92 Å². The Bertz CT molecular complexity index is 1480. The van der Waals surface area contributed by atoms with Crippen LogP contribution in [0.25, 0.3) is 0 Å². The molecule has 12 heteroatoms. The van der Waals surface area contributed by atoms with Gasteiger partial charge in [-0.05, 0) is 50.3 Å². The molecule has 1 aromatic rings. The first-order valence-electron chi connectivity index (χ1n) is 15.3. The van der Waals surface area contributed by atoms with E-state index in [1.165, 1.54) is 27.2 Å². The quantitative estimate of drug-likeness (QED) is 0.174. The second kappa shape index (κ2) is 17.2. The van der Waals surface area contributed by atoms with Crippen LogP contribution in [0.1, 0.15) is 50.9 Å². The fraction of sp³-hybridized carbons (Fsp3) is 0.429. The Labute approximate surface area is 275 Å². The van der Waals surface area contributed by atoms with Crippen molar-refractivity contribution in [2.24, 2.45) is 17.6 Å². The van der Waals surface area contributed by atoms with Gasteiger partial charge in [0, 0.05) is 42.9 Å². The molecule has 0 fully saturated rings. The van der Waals surface area contributed by atoms with Crippen LogP contribution in [0.15, 0.2) is 88.8 Å². The first kappa shape index (κ1) is 37.4. The molecule has 6 N–H and O–H groups in total. The van der Waals surface area contributed by atoms with Crippen LogP contribution in [0.4, 0.5) is 0 Å². The van der Waals surface area contributed by atoms with Gasteiger partial charge in [-0.2, -0.15) is 0 Å². The fourth-order valence-corrected chi connectivity index (χ4v) is 5.55. The Morgan fingerprint density at radius 2 is 1.77 bits per heavy atom. The number of aliphatic hydroxyl groups is 2. The van der Waals surface area contributed by atoms with Crippen molar-refractivity contribution in [3.8, 4) is 0 Å². The highest BCUT2D eigenvalue weighted by Crippen LogP contribution is 2.29. The average Bonchev–Trinajstić information content (AvgIpc) is 3.04. The Morgan fingerprint density at radius 1 is 1.09 bits per heavy atom. The number of allylic oxidation sites excluding steroid dienone is 4. The highest BCUT2D eigenvalue weighted by atomic mass is 16.6. The first-order valence-corrected chi connectivity index (χ1v) is 15.3. The normalized spacial score (nSPS) is 30.3. The lowest BCUT2D eigenvalue weighted by atomic mass is 9.85. The number of aliphatic hydroxyl groups excluding tert-OH is 2. The maximum Gasteiger partial charge on any atom is 0.255 e. The van der Waals surface area contributed by atoms with Crippen molar-refractivity contribution in [3.63, 3.8) is 0 Å². The van der Waals surface area contributed by atoms with E-state index in [0.717, 1.165) is 6.08 Å². The summed E-state index contributed by atoms with van der Waals surface area (Å²) in [7, 11) is 2.91. The number of ketones is 2. The average molecular weight is 652 g/mol. The molecule has 0 aromatic heterocycles. The molecule has 0 saturated carbocycles. The van der Waals surface area contributed by atoms with Crippen molar-refractivity contribution >= 4 is 23.4 Å². The molecule has 1 aromatic carbocycles. The van der Waals surface area contributed by atoms with Crippen LogP contribution in [-0.4, -0.2) is 78.6 Å². The van der Waals surface area contributed by atoms with Gasteiger partial charge >= 0.3 is 0 Å². The third-order valence-electron chi connectivity index (χ3n) is 8.11. The number of amides is 2. The van der Waals surface area contributed by atoms with Crippen molar-refractivity contribution in [2.75, 3.05) is 14.2 Å². The summed E-state index contributed by atoms with van der Waals surface area (Å²) in [6.07, 6.45) is 2.82. The van der Waals surface area contributed by atoms with Crippen molar-refractivity contribution in [1.29, 1.82) is 0 Å². The molecule has 0 spiro atoms. The van der Waals surface area contributed by atoms with Crippen molar-refractivity contribution in [2.45, 2.75) is 71.4 Å². The molecule has 7 unspecified atom stereocenters. The van der Waals surface area contributed by atoms with Crippen LogP contribution in [0.2, 0.25) is 0 Å². The smallest absolute Gasteiger partial charge is 0.255 e. The van der Waals surface area contributed by atoms with E-state index in [-0.39, 0.29) is 41.3 Å². The minimum absolute atomic E-state index is 0.0282. The maximum absolute atomic E-state index is 13.8. The zero-order valence-electron chi connectivity index (χ0n) is 27.6. The lowest BCUT2D eigenvalue weighted by molar-refractivity contribution is -0.146. The molecule has 2 bridgehead atoms. The Balaban J connectivity index is 2.09. The summed E-state index contributed by atoms with van der Waals surface area (Å²) in [5.74, 6) is -3.25. The number of carbonyl (C=O) groups excluding carboxylic acids is 4. The number of nitrogens with one attached hydrogen (secondary N) is 2. The number of rotatable bonds is 6. The molecule has 254 valence electrons. The highest BCUT2D eigenvalue weighted by molar-refractivity contribution is 6.24. The molecular weight excluding hydrogens is 606 g/mol. The summed E-state index contributed by atoms with van der Waals surface area (Å²) in [4.78, 5) is 53.4. The van der Waals surface area contributed by atoms with Crippen LogP contribution < -0.4 is 16.4 Å². The van der Waals surface area contributed by atoms with Crippen LogP contribution in [-0.2, 0) is 28.6 Å². The topological polar surface area (TPSA) is 187 Å². The van der Waals surface area contributed by atoms with E-state index >= 15 is 0 Å². The summed E-state index contributed by atoms with van der Waals surface area (Å²) in [6, 6.07) is 8.27. The van der Waals surface area contributed by atoms with E-state index in [1.54, 1.807) is 62.4 Å². The second-order valence-electron chi connectivity index (χ2n) is 11.8. The monoisotopic (exact) mass is 651 g/mol. The summed E-state index contributed by atoms with van der Waals surface area (Å²) in [5, 5.41) is 26.3. The Hall–Kier alpha value is -4.04. The summed E-state index contributed by atoms with van der Waals surface area (Å²) in [5.41, 5.74) is 6.30. The van der Waals surface area contributed by atoms with Gasteiger partial charge in [0.1, 0.15) is 12.2 Å². The van der Waals surface area contributed by atoms with E-state index < -0.39 is 60.1 Å². The molecule has 0 radical (unpaired) electrons. The van der Waals surface area contributed by atoms with Gasteiger partial charge in [-0.1, -0.05) is 56.4 Å². The number of hydrogen-bond donors (Lipinski definition) is 5. The SMILES string of the molecule is COC1/C=C\C=C(/C)C(=O)NC2=CC(=O)C(NC(=O)c3ccccc3)=C(CC(C)CC(OC)C(O)C(C)/C=C(\C)C1OC(N)O)C2=O. The lowest BCUT2D eigenvalue weighted by Crippen LogP contribution is -2.39. The van der Waals surface area contributed by atoms with Gasteiger partial charge in [-0.15, -0.1) is 0 Å². The van der Waals surface area contributed by atoms with Crippen molar-refractivity contribution in [3.05, 3.63) is 94.4 Å². The van der Waals surface area contributed by atoms with Crippen LogP contribution in [0, 0.1) is 11.8 Å². The van der Waals surface area contributed by atoms with Gasteiger partial charge < -0.3 is 35.1 Å². The molecular formula is C35H45N3O9. The predicted molar refractivity (Wildman–Crippen MR) is 174 cm³/mol. The number of methoxy groups -OCH3 is 2. The molecule has 1 heterocycles. The predicted octanol–water partition coefficient (Wildman–Crippen LogP) is 2.35. The van der Waals surface area contributed by atoms with Crippen LogP contribution >= 0.6 is 0 Å². The number of carbonyl (C=O) groups is 4. The number of ether oxygens (including phenoxy) is 3. The summed E-state index contributed by atoms with van der Waals surface area (Å²) < 4.78 is 16.8. The third-order valence-corrected chi connectivity index (χ3v) is 8.11. The number of hydrogen-bond acceptors (Lipinski definition) is 10. The second-order valence-corrected chi connectivity index (χ2v) is 11.8. The van der Waals surface area contributed by atoms with Gasteiger partial charge in [0.25, 0.3) is 11.8 Å². The van der Waals surface area contributed by atoms with E-state index in [0.29, 0.717) is 11.1 Å². The van der Waals surface area contributed by atoms with Crippen molar-refractivity contribution < 1.29 is 43.6 Å². The molecule has 1 aliphatic heterocycles. The van der Waals surface area contributed by atoms with Gasteiger partial charge in [-0.25, -0.2) is 0 Å². The lowest BCUT2D eigenvalue weighted by Gasteiger charge is -2.30. The van der Waals surface area contributed by atoms with Gasteiger partial charge in [0.05, 0.1) is 23.6 Å². The fourth-order valence-electron chi connectivity index (χ4n) is 5.55. The molecule has 12 nitrogen and oxygen atoms in total. The van der Waals surface area contributed by atoms with E-state index in [9.17, 15) is 29.4 Å². The molecule has 0 saturated heterocycles. The first-order chi connectivity index (χ1) is 22.3. The zero-order chi connectivity index (χ0) is 34.8. The van der Waals surface area contributed by atoms with E-state index in [4.69, 9.17) is 19.9 Å². The third kappa shape index (κ3) is 9.97. The van der Waals surface area contributed by atoms with Crippen molar-refractivity contribution in [1.82, 2.24) is 10.6 Å². The number of Topliss-reactive ketones (excluding diaryl/α,β-unsaturated/α-hetero) is 1. The number of fused-ring (bicyclic) bond motifs is 2. The molecule has 3 rings (SSSR count). The summed E-state index contributed by atoms with van der Waals surface area (Å²) >= 11 is 0. The molecule has 1 aliphatic carbocycles. The van der Waals surface area contributed by atoms with Gasteiger partial charge in [0.15, 0.2) is 0 Å². The molecule has 2 amide bonds. The largest absolute Gasteiger partial charge is 0.390 e. The Kier molecular flexibility index (Phi) is 13.7. The minimum atomic E-state index is -1.61. The molecule has 2 aliphatic rings. The number of benzene rings is 1. The Morgan fingerprint density at radius 3 is 2.38 bits per heavy atom. The standard InChI is InChI=1S/C35H45N3O9/c1-19-15-24-29(38-34(43)23-12-8-7-9-13-23)26(39)18-25(31(24)41)37-33(42)20(2)11-10-14-27(45-5)32(47-35(36)44)22(4)17-21(3)30(40)28(16-19)46-6/h7-14,17-19,21,27-28,30,32,35,40,44H,15-16,36H2,1-6H3,(H,37,42)(H,38,43)/b14-10-,20-11+,22-17+. The van der Waals surface area contributed by atoms with Crippen LogP contribution in [0.3, 0.4) is 0 Å². The van der Waals surface area contributed by atoms with Gasteiger partial charge in [-0.3, -0.25) is 24.9 Å². The van der Waals surface area contributed by atoms with Crippen LogP contribution in [0.5, 0.6) is 0 Å².